The standard InChI is InChI=1S/C11H18O2/c1-3-8(2)11(13)9-6-4-5-7-10(9)12/h6,8,11,13H,3-5,7H2,1-2H3. The predicted molar refractivity (Wildman–Crippen MR) is 52.4 cm³/mol. The van der Waals surface area contributed by atoms with Gasteiger partial charge in [-0.1, -0.05) is 26.3 Å². The van der Waals surface area contributed by atoms with Crippen molar-refractivity contribution in [2.75, 3.05) is 0 Å². The Balaban J connectivity index is 2.69. The maximum Gasteiger partial charge on any atom is 0.161 e. The molecule has 0 aromatic carbocycles. The second kappa shape index (κ2) is 4.56. The Morgan fingerprint density at radius 3 is 2.85 bits per heavy atom. The van der Waals surface area contributed by atoms with Gasteiger partial charge in [0.1, 0.15) is 0 Å². The van der Waals surface area contributed by atoms with E-state index in [9.17, 15) is 9.90 Å². The molecule has 0 heterocycles. The zero-order chi connectivity index (χ0) is 9.84. The van der Waals surface area contributed by atoms with Crippen molar-refractivity contribution in [2.24, 2.45) is 5.92 Å². The van der Waals surface area contributed by atoms with E-state index in [1.165, 1.54) is 0 Å². The van der Waals surface area contributed by atoms with Crippen LogP contribution in [0.15, 0.2) is 11.6 Å². The van der Waals surface area contributed by atoms with Crippen LogP contribution in [0.2, 0.25) is 0 Å². The van der Waals surface area contributed by atoms with Gasteiger partial charge in [0.25, 0.3) is 0 Å². The molecule has 0 amide bonds. The molecule has 1 aliphatic rings. The second-order valence-electron chi connectivity index (χ2n) is 3.81. The molecule has 0 fully saturated rings. The Labute approximate surface area is 79.6 Å². The molecule has 0 saturated carbocycles. The van der Waals surface area contributed by atoms with Gasteiger partial charge in [-0.2, -0.15) is 0 Å². The number of carbonyl (C=O) groups excluding carboxylic acids is 1. The van der Waals surface area contributed by atoms with Crippen molar-refractivity contribution < 1.29 is 9.90 Å². The van der Waals surface area contributed by atoms with E-state index in [-0.39, 0.29) is 11.7 Å². The summed E-state index contributed by atoms with van der Waals surface area (Å²) in [7, 11) is 0. The lowest BCUT2D eigenvalue weighted by Crippen LogP contribution is -2.26. The number of hydrogen-bond acceptors (Lipinski definition) is 2. The van der Waals surface area contributed by atoms with Crippen LogP contribution in [-0.4, -0.2) is 17.0 Å². The molecule has 2 unspecified atom stereocenters. The van der Waals surface area contributed by atoms with Crippen LogP contribution in [0.4, 0.5) is 0 Å². The maximum absolute atomic E-state index is 11.4. The minimum atomic E-state index is -0.544. The topological polar surface area (TPSA) is 37.3 Å². The lowest BCUT2D eigenvalue weighted by Gasteiger charge is -2.21. The van der Waals surface area contributed by atoms with Crippen LogP contribution in [0, 0.1) is 5.92 Å². The third-order valence-corrected chi connectivity index (χ3v) is 2.80. The molecular weight excluding hydrogens is 164 g/mol. The maximum atomic E-state index is 11.4. The molecule has 0 bridgehead atoms. The van der Waals surface area contributed by atoms with Crippen molar-refractivity contribution in [3.8, 4) is 0 Å². The molecule has 1 aliphatic carbocycles. The van der Waals surface area contributed by atoms with Gasteiger partial charge in [-0.3, -0.25) is 4.79 Å². The summed E-state index contributed by atoms with van der Waals surface area (Å²) in [5, 5.41) is 9.82. The molecule has 0 saturated heterocycles. The third kappa shape index (κ3) is 2.41. The molecule has 0 aliphatic heterocycles. The molecular formula is C11H18O2. The summed E-state index contributed by atoms with van der Waals surface area (Å²) in [4.78, 5) is 11.4. The van der Waals surface area contributed by atoms with Crippen LogP contribution in [0.3, 0.4) is 0 Å². The van der Waals surface area contributed by atoms with Crippen LogP contribution in [0.1, 0.15) is 39.5 Å². The minimum Gasteiger partial charge on any atom is -0.388 e. The zero-order valence-corrected chi connectivity index (χ0v) is 8.42. The number of aliphatic hydroxyl groups is 1. The van der Waals surface area contributed by atoms with Gasteiger partial charge < -0.3 is 5.11 Å². The summed E-state index contributed by atoms with van der Waals surface area (Å²) in [5.41, 5.74) is 0.653. The molecule has 2 atom stereocenters. The third-order valence-electron chi connectivity index (χ3n) is 2.80. The molecule has 74 valence electrons. The number of allylic oxidation sites excluding steroid dienone is 1. The highest BCUT2D eigenvalue weighted by molar-refractivity contribution is 5.96. The molecule has 1 N–H and O–H groups in total. The summed E-state index contributed by atoms with van der Waals surface area (Å²) < 4.78 is 0. The smallest absolute Gasteiger partial charge is 0.161 e. The highest BCUT2D eigenvalue weighted by Gasteiger charge is 2.24. The summed E-state index contributed by atoms with van der Waals surface area (Å²) in [5.74, 6) is 0.326. The first-order valence-electron chi connectivity index (χ1n) is 5.08. The van der Waals surface area contributed by atoms with Crippen LogP contribution >= 0.6 is 0 Å². The number of carbonyl (C=O) groups is 1. The molecule has 0 aromatic rings. The quantitative estimate of drug-likeness (QED) is 0.725. The van der Waals surface area contributed by atoms with Gasteiger partial charge in [-0.25, -0.2) is 0 Å². The highest BCUT2D eigenvalue weighted by atomic mass is 16.3. The van der Waals surface area contributed by atoms with E-state index >= 15 is 0 Å². The molecule has 2 heteroatoms. The molecule has 0 spiro atoms. The number of hydrogen-bond donors (Lipinski definition) is 1. The van der Waals surface area contributed by atoms with Gasteiger partial charge in [0.2, 0.25) is 0 Å². The first-order chi connectivity index (χ1) is 6.16. The summed E-state index contributed by atoms with van der Waals surface area (Å²) >= 11 is 0. The van der Waals surface area contributed by atoms with Crippen LogP contribution in [0.5, 0.6) is 0 Å². The normalized spacial score (nSPS) is 22.4. The number of Topliss-reactive ketones (excluding diaryl/α,β-unsaturated/α-hetero) is 1. The lowest BCUT2D eigenvalue weighted by molar-refractivity contribution is -0.117. The summed E-state index contributed by atoms with van der Waals surface area (Å²) in [6, 6.07) is 0. The van der Waals surface area contributed by atoms with Crippen LogP contribution in [0.25, 0.3) is 0 Å². The molecule has 2 nitrogen and oxygen atoms in total. The van der Waals surface area contributed by atoms with Gasteiger partial charge in [0.15, 0.2) is 5.78 Å². The zero-order valence-electron chi connectivity index (χ0n) is 8.42. The first kappa shape index (κ1) is 10.5. The van der Waals surface area contributed by atoms with Crippen LogP contribution < -0.4 is 0 Å². The predicted octanol–water partition coefficient (Wildman–Crippen LogP) is 2.07. The summed E-state index contributed by atoms with van der Waals surface area (Å²) in [6.07, 6.45) is 4.76. The van der Waals surface area contributed by atoms with Crippen molar-refractivity contribution in [1.82, 2.24) is 0 Å². The van der Waals surface area contributed by atoms with E-state index in [2.05, 4.69) is 0 Å². The monoisotopic (exact) mass is 182 g/mol. The SMILES string of the molecule is CCC(C)C(O)C1=CCCCC1=O. The average Bonchev–Trinajstić information content (AvgIpc) is 2.16. The number of rotatable bonds is 3. The van der Waals surface area contributed by atoms with Gasteiger partial charge in [0, 0.05) is 12.0 Å². The van der Waals surface area contributed by atoms with Crippen molar-refractivity contribution in [3.05, 3.63) is 11.6 Å². The fourth-order valence-corrected chi connectivity index (χ4v) is 1.59. The molecule has 0 aromatic heterocycles. The van der Waals surface area contributed by atoms with Crippen molar-refractivity contribution in [1.29, 1.82) is 0 Å². The highest BCUT2D eigenvalue weighted by Crippen LogP contribution is 2.22. The Hall–Kier alpha value is -0.630. The Morgan fingerprint density at radius 2 is 2.31 bits per heavy atom. The van der Waals surface area contributed by atoms with E-state index < -0.39 is 6.10 Å². The van der Waals surface area contributed by atoms with Gasteiger partial charge in [0.05, 0.1) is 6.10 Å². The molecule has 0 radical (unpaired) electrons. The lowest BCUT2D eigenvalue weighted by atomic mass is 9.87. The number of aliphatic hydroxyl groups excluding tert-OH is 1. The van der Waals surface area contributed by atoms with E-state index in [0.717, 1.165) is 19.3 Å². The largest absolute Gasteiger partial charge is 0.388 e. The van der Waals surface area contributed by atoms with E-state index in [0.29, 0.717) is 12.0 Å². The molecule has 13 heavy (non-hydrogen) atoms. The summed E-state index contributed by atoms with van der Waals surface area (Å²) in [6.45, 7) is 4.01. The van der Waals surface area contributed by atoms with E-state index in [1.54, 1.807) is 0 Å². The fraction of sp³-hybridized carbons (Fsp3) is 0.727. The van der Waals surface area contributed by atoms with Crippen molar-refractivity contribution >= 4 is 5.78 Å². The first-order valence-corrected chi connectivity index (χ1v) is 5.08. The fourth-order valence-electron chi connectivity index (χ4n) is 1.59. The van der Waals surface area contributed by atoms with Crippen LogP contribution in [-0.2, 0) is 4.79 Å². The van der Waals surface area contributed by atoms with Gasteiger partial charge >= 0.3 is 0 Å². The number of ketones is 1. The van der Waals surface area contributed by atoms with Crippen molar-refractivity contribution in [2.45, 2.75) is 45.6 Å². The second-order valence-corrected chi connectivity index (χ2v) is 3.81. The van der Waals surface area contributed by atoms with E-state index in [4.69, 9.17) is 0 Å². The van der Waals surface area contributed by atoms with Crippen molar-refractivity contribution in [3.63, 3.8) is 0 Å². The van der Waals surface area contributed by atoms with Gasteiger partial charge in [-0.15, -0.1) is 0 Å². The Morgan fingerprint density at radius 1 is 1.62 bits per heavy atom. The van der Waals surface area contributed by atoms with E-state index in [1.807, 2.05) is 19.9 Å². The van der Waals surface area contributed by atoms with Gasteiger partial charge in [-0.05, 0) is 18.8 Å². The average molecular weight is 182 g/mol. The Bertz CT molecular complexity index is 218. The minimum absolute atomic E-state index is 0.138. The Kier molecular flexibility index (Phi) is 3.67. The molecule has 1 rings (SSSR count).